The van der Waals surface area contributed by atoms with Crippen LogP contribution in [-0.4, -0.2) is 10.2 Å². The molecule has 1 heterocycles. The smallest absolute Gasteiger partial charge is 0.162 e. The second-order valence-corrected chi connectivity index (χ2v) is 2.79. The van der Waals surface area contributed by atoms with E-state index in [9.17, 15) is 0 Å². The van der Waals surface area contributed by atoms with Gasteiger partial charge in [0.2, 0.25) is 0 Å². The summed E-state index contributed by atoms with van der Waals surface area (Å²) in [7, 11) is 0. The Morgan fingerprint density at radius 1 is 1.64 bits per heavy atom. The van der Waals surface area contributed by atoms with Crippen molar-refractivity contribution < 1.29 is 0 Å². The van der Waals surface area contributed by atoms with Gasteiger partial charge in [0, 0.05) is 0 Å². The van der Waals surface area contributed by atoms with E-state index in [1.165, 1.54) is 0 Å². The van der Waals surface area contributed by atoms with Crippen LogP contribution in [0.2, 0.25) is 0 Å². The van der Waals surface area contributed by atoms with E-state index in [2.05, 4.69) is 31.6 Å². The number of nitrogens with two attached hydrogens (primary N) is 1. The highest BCUT2D eigenvalue weighted by Crippen LogP contribution is 2.15. The highest BCUT2D eigenvalue weighted by Gasteiger charge is 2.00. The average molecular weight is 217 g/mol. The zero-order valence-electron chi connectivity index (χ0n) is 6.13. The molecule has 4 nitrogen and oxygen atoms in total. The van der Waals surface area contributed by atoms with Gasteiger partial charge in [-0.2, -0.15) is 0 Å². The van der Waals surface area contributed by atoms with Crippen LogP contribution < -0.4 is 11.3 Å². The van der Waals surface area contributed by atoms with E-state index < -0.39 is 0 Å². The van der Waals surface area contributed by atoms with Gasteiger partial charge in [-0.15, -0.1) is 10.2 Å². The normalized spacial score (nSPS) is 9.73. The summed E-state index contributed by atoms with van der Waals surface area (Å²) in [5.41, 5.74) is 3.53. The van der Waals surface area contributed by atoms with Crippen molar-refractivity contribution in [3.05, 3.63) is 16.2 Å². The minimum Gasteiger partial charge on any atom is -0.307 e. The van der Waals surface area contributed by atoms with Crippen molar-refractivity contribution in [2.45, 2.75) is 13.3 Å². The van der Waals surface area contributed by atoms with Crippen molar-refractivity contribution in [2.24, 2.45) is 5.84 Å². The first-order valence-electron chi connectivity index (χ1n) is 3.26. The Morgan fingerprint density at radius 3 is 2.91 bits per heavy atom. The molecule has 0 amide bonds. The zero-order valence-corrected chi connectivity index (χ0v) is 7.72. The Balaban J connectivity index is 3.02. The summed E-state index contributed by atoms with van der Waals surface area (Å²) in [5.74, 6) is 5.74. The molecular weight excluding hydrogens is 208 g/mol. The molecule has 0 spiro atoms. The fourth-order valence-corrected chi connectivity index (χ4v) is 1.21. The number of anilines is 1. The molecule has 0 bridgehead atoms. The van der Waals surface area contributed by atoms with E-state index in [0.717, 1.165) is 16.6 Å². The van der Waals surface area contributed by atoms with Crippen LogP contribution in [0.3, 0.4) is 0 Å². The number of rotatable bonds is 2. The lowest BCUT2D eigenvalue weighted by Gasteiger charge is -2.01. The fraction of sp³-hybridized carbons (Fsp3) is 0.333. The molecule has 60 valence electrons. The predicted octanol–water partition coefficient (Wildman–Crippen LogP) is 1.09. The van der Waals surface area contributed by atoms with Crippen LogP contribution in [0.5, 0.6) is 0 Å². The number of nitrogens with one attached hydrogen (secondary N) is 1. The molecule has 0 atom stereocenters. The third-order valence-electron chi connectivity index (χ3n) is 1.35. The van der Waals surface area contributed by atoms with Crippen molar-refractivity contribution in [3.63, 3.8) is 0 Å². The van der Waals surface area contributed by atoms with Gasteiger partial charge < -0.3 is 5.43 Å². The summed E-state index contributed by atoms with van der Waals surface area (Å²) < 4.78 is 0.777. The Kier molecular flexibility index (Phi) is 2.78. The van der Waals surface area contributed by atoms with Gasteiger partial charge in [0.05, 0.1) is 0 Å². The summed E-state index contributed by atoms with van der Waals surface area (Å²) in [4.78, 5) is 0. The molecule has 5 heteroatoms. The summed E-state index contributed by atoms with van der Waals surface area (Å²) in [5, 5.41) is 7.62. The number of aryl methyl sites for hydroxylation is 1. The van der Waals surface area contributed by atoms with E-state index in [4.69, 9.17) is 5.84 Å². The Labute approximate surface area is 73.3 Å². The SMILES string of the molecule is CCc1cc(NN)nnc1Br. The lowest BCUT2D eigenvalue weighted by atomic mass is 10.2. The van der Waals surface area contributed by atoms with E-state index in [1.54, 1.807) is 0 Å². The molecule has 1 aromatic rings. The maximum absolute atomic E-state index is 5.16. The molecule has 0 aliphatic rings. The summed E-state index contributed by atoms with van der Waals surface area (Å²) in [6.07, 6.45) is 0.908. The minimum atomic E-state index is 0.588. The third kappa shape index (κ3) is 1.87. The van der Waals surface area contributed by atoms with Gasteiger partial charge in [-0.05, 0) is 34.0 Å². The van der Waals surface area contributed by atoms with Crippen LogP contribution in [0.4, 0.5) is 5.82 Å². The number of halogens is 1. The number of hydrogen-bond acceptors (Lipinski definition) is 4. The van der Waals surface area contributed by atoms with Crippen molar-refractivity contribution in [1.29, 1.82) is 0 Å². The quantitative estimate of drug-likeness (QED) is 0.574. The van der Waals surface area contributed by atoms with Crippen LogP contribution in [-0.2, 0) is 6.42 Å². The standard InChI is InChI=1S/C6H9BrN4/c1-2-4-3-5(9-8)10-11-6(4)7/h3H,2,8H2,1H3,(H,9,10). The fourth-order valence-electron chi connectivity index (χ4n) is 0.734. The van der Waals surface area contributed by atoms with Gasteiger partial charge >= 0.3 is 0 Å². The summed E-state index contributed by atoms with van der Waals surface area (Å²) >= 11 is 3.28. The third-order valence-corrected chi connectivity index (χ3v) is 2.02. The molecule has 1 aromatic heterocycles. The number of aromatic nitrogens is 2. The Morgan fingerprint density at radius 2 is 2.36 bits per heavy atom. The monoisotopic (exact) mass is 216 g/mol. The van der Waals surface area contributed by atoms with Crippen LogP contribution in [0.15, 0.2) is 10.7 Å². The second-order valence-electron chi connectivity index (χ2n) is 2.04. The highest BCUT2D eigenvalue weighted by molar-refractivity contribution is 9.10. The molecule has 0 fully saturated rings. The first kappa shape index (κ1) is 8.42. The maximum atomic E-state index is 5.16. The number of hydrazine groups is 1. The van der Waals surface area contributed by atoms with Crippen molar-refractivity contribution in [2.75, 3.05) is 5.43 Å². The first-order chi connectivity index (χ1) is 5.27. The van der Waals surface area contributed by atoms with Gasteiger partial charge in [0.15, 0.2) is 5.82 Å². The van der Waals surface area contributed by atoms with Crippen LogP contribution in [0.25, 0.3) is 0 Å². The molecule has 0 saturated heterocycles. The zero-order chi connectivity index (χ0) is 8.27. The van der Waals surface area contributed by atoms with Gasteiger partial charge in [0.1, 0.15) is 4.60 Å². The average Bonchev–Trinajstić information content (AvgIpc) is 2.05. The van der Waals surface area contributed by atoms with E-state index in [1.807, 2.05) is 13.0 Å². The van der Waals surface area contributed by atoms with Gasteiger partial charge in [-0.3, -0.25) is 0 Å². The molecule has 3 N–H and O–H groups in total. The first-order valence-corrected chi connectivity index (χ1v) is 4.06. The largest absolute Gasteiger partial charge is 0.307 e. The van der Waals surface area contributed by atoms with Gasteiger partial charge in [0.25, 0.3) is 0 Å². The maximum Gasteiger partial charge on any atom is 0.162 e. The van der Waals surface area contributed by atoms with Crippen LogP contribution in [0.1, 0.15) is 12.5 Å². The highest BCUT2D eigenvalue weighted by atomic mass is 79.9. The summed E-state index contributed by atoms with van der Waals surface area (Å²) in [6.45, 7) is 2.04. The molecule has 0 aliphatic heterocycles. The minimum absolute atomic E-state index is 0.588. The van der Waals surface area contributed by atoms with Gasteiger partial charge in [-0.25, -0.2) is 5.84 Å². The van der Waals surface area contributed by atoms with Crippen molar-refractivity contribution >= 4 is 21.7 Å². The Hall–Kier alpha value is -0.680. The number of nitrogen functional groups attached to an aromatic ring is 1. The summed E-state index contributed by atoms with van der Waals surface area (Å²) in [6, 6.07) is 1.86. The number of nitrogens with zero attached hydrogens (tertiary/aromatic N) is 2. The topological polar surface area (TPSA) is 63.8 Å². The van der Waals surface area contributed by atoms with E-state index in [0.29, 0.717) is 5.82 Å². The Bertz CT molecular complexity index is 250. The molecule has 0 aromatic carbocycles. The number of hydrogen-bond donors (Lipinski definition) is 2. The second kappa shape index (κ2) is 3.64. The molecular formula is C6H9BrN4. The molecule has 0 radical (unpaired) electrons. The lowest BCUT2D eigenvalue weighted by Crippen LogP contribution is -2.09. The van der Waals surface area contributed by atoms with E-state index >= 15 is 0 Å². The van der Waals surface area contributed by atoms with E-state index in [-0.39, 0.29) is 0 Å². The van der Waals surface area contributed by atoms with Crippen molar-refractivity contribution in [1.82, 2.24) is 10.2 Å². The van der Waals surface area contributed by atoms with Gasteiger partial charge in [-0.1, -0.05) is 6.92 Å². The molecule has 0 unspecified atom stereocenters. The molecule has 0 aliphatic carbocycles. The molecule has 0 saturated carbocycles. The molecule has 11 heavy (non-hydrogen) atoms. The van der Waals surface area contributed by atoms with Crippen molar-refractivity contribution in [3.8, 4) is 0 Å². The molecule has 1 rings (SSSR count). The van der Waals surface area contributed by atoms with Crippen LogP contribution in [0, 0.1) is 0 Å². The predicted molar refractivity (Wildman–Crippen MR) is 46.9 cm³/mol. The lowest BCUT2D eigenvalue weighted by molar-refractivity contribution is 0.952. The van der Waals surface area contributed by atoms with Crippen LogP contribution >= 0.6 is 15.9 Å².